The third kappa shape index (κ3) is 4.09. The summed E-state index contributed by atoms with van der Waals surface area (Å²) in [4.78, 5) is 0. The van der Waals surface area contributed by atoms with E-state index in [1.807, 2.05) is 0 Å². The second kappa shape index (κ2) is 2.89. The van der Waals surface area contributed by atoms with E-state index in [9.17, 15) is 8.78 Å². The van der Waals surface area contributed by atoms with Gasteiger partial charge in [-0.2, -0.15) is 8.78 Å². The number of alkyl halides is 2. The predicted octanol–water partition coefficient (Wildman–Crippen LogP) is 2.97. The van der Waals surface area contributed by atoms with E-state index in [0.29, 0.717) is 0 Å². The predicted molar refractivity (Wildman–Crippen MR) is 40.6 cm³/mol. The summed E-state index contributed by atoms with van der Waals surface area (Å²) >= 11 is 0. The Labute approximate surface area is 66.0 Å². The van der Waals surface area contributed by atoms with E-state index in [1.54, 1.807) is 20.8 Å². The number of halogens is 2. The SMILES string of the molecule is C=C(C)C(F)(F)OC(C)(C)C. The first kappa shape index (κ1) is 10.6. The summed E-state index contributed by atoms with van der Waals surface area (Å²) in [6.45, 7) is 9.10. The average molecular weight is 164 g/mol. The lowest BCUT2D eigenvalue weighted by atomic mass is 10.2. The zero-order chi connectivity index (χ0) is 9.28. The molecule has 0 saturated heterocycles. The maximum atomic E-state index is 12.7. The molecule has 0 N–H and O–H groups in total. The third-order valence-electron chi connectivity index (χ3n) is 0.931. The lowest BCUT2D eigenvalue weighted by Crippen LogP contribution is -2.33. The van der Waals surface area contributed by atoms with Gasteiger partial charge < -0.3 is 4.74 Å². The molecule has 0 atom stereocenters. The molecular weight excluding hydrogens is 150 g/mol. The average Bonchev–Trinajstić information content (AvgIpc) is 1.56. The van der Waals surface area contributed by atoms with Crippen molar-refractivity contribution in [1.29, 1.82) is 0 Å². The Morgan fingerprint density at radius 2 is 1.64 bits per heavy atom. The zero-order valence-corrected chi connectivity index (χ0v) is 7.37. The molecule has 0 aliphatic heterocycles. The van der Waals surface area contributed by atoms with E-state index in [0.717, 1.165) is 0 Å². The van der Waals surface area contributed by atoms with Gasteiger partial charge in [-0.15, -0.1) is 0 Å². The molecular formula is C8H14F2O. The van der Waals surface area contributed by atoms with Crippen molar-refractivity contribution in [2.45, 2.75) is 39.4 Å². The lowest BCUT2D eigenvalue weighted by molar-refractivity contribution is -0.257. The molecule has 0 unspecified atom stereocenters. The van der Waals surface area contributed by atoms with Gasteiger partial charge in [-0.25, -0.2) is 0 Å². The van der Waals surface area contributed by atoms with Crippen molar-refractivity contribution in [3.8, 4) is 0 Å². The fourth-order valence-corrected chi connectivity index (χ4v) is 0.472. The molecule has 0 saturated carbocycles. The monoisotopic (exact) mass is 164 g/mol. The van der Waals surface area contributed by atoms with E-state index in [4.69, 9.17) is 0 Å². The van der Waals surface area contributed by atoms with E-state index < -0.39 is 11.7 Å². The first-order valence-electron chi connectivity index (χ1n) is 3.39. The molecule has 0 aromatic rings. The van der Waals surface area contributed by atoms with Crippen molar-refractivity contribution < 1.29 is 13.5 Å². The molecule has 0 aromatic carbocycles. The number of hydrogen-bond donors (Lipinski definition) is 0. The van der Waals surface area contributed by atoms with Gasteiger partial charge in [0.1, 0.15) is 0 Å². The summed E-state index contributed by atoms with van der Waals surface area (Å²) in [5, 5.41) is 0. The van der Waals surface area contributed by atoms with Gasteiger partial charge in [0, 0.05) is 5.57 Å². The van der Waals surface area contributed by atoms with Crippen molar-refractivity contribution in [3.63, 3.8) is 0 Å². The molecule has 0 heterocycles. The normalized spacial score (nSPS) is 13.3. The van der Waals surface area contributed by atoms with Gasteiger partial charge in [0.25, 0.3) is 0 Å². The summed E-state index contributed by atoms with van der Waals surface area (Å²) in [6, 6.07) is 0. The van der Waals surface area contributed by atoms with Crippen LogP contribution in [0.2, 0.25) is 0 Å². The lowest BCUT2D eigenvalue weighted by Gasteiger charge is -2.26. The van der Waals surface area contributed by atoms with Crippen molar-refractivity contribution >= 4 is 0 Å². The van der Waals surface area contributed by atoms with Gasteiger partial charge >= 0.3 is 6.11 Å². The molecule has 11 heavy (non-hydrogen) atoms. The molecule has 0 rings (SSSR count). The molecule has 0 fully saturated rings. The summed E-state index contributed by atoms with van der Waals surface area (Å²) < 4.78 is 29.9. The van der Waals surface area contributed by atoms with Gasteiger partial charge in [0.05, 0.1) is 5.60 Å². The van der Waals surface area contributed by atoms with Crippen LogP contribution in [0.1, 0.15) is 27.7 Å². The van der Waals surface area contributed by atoms with Crippen molar-refractivity contribution in [3.05, 3.63) is 12.2 Å². The van der Waals surface area contributed by atoms with Crippen LogP contribution in [0.5, 0.6) is 0 Å². The zero-order valence-electron chi connectivity index (χ0n) is 7.37. The summed E-state index contributed by atoms with van der Waals surface area (Å²) in [7, 11) is 0. The van der Waals surface area contributed by atoms with Crippen LogP contribution in [-0.2, 0) is 4.74 Å². The second-order valence-corrected chi connectivity index (χ2v) is 3.51. The molecule has 0 spiro atoms. The Kier molecular flexibility index (Phi) is 2.78. The van der Waals surface area contributed by atoms with E-state index in [-0.39, 0.29) is 5.57 Å². The molecule has 0 amide bonds. The summed E-state index contributed by atoms with van der Waals surface area (Å²) in [6.07, 6.45) is -3.21. The standard InChI is InChI=1S/C8H14F2O/c1-6(2)8(9,10)11-7(3,4)5/h1H2,2-5H3. The van der Waals surface area contributed by atoms with Crippen molar-refractivity contribution in [2.75, 3.05) is 0 Å². The van der Waals surface area contributed by atoms with Gasteiger partial charge in [-0.1, -0.05) is 6.58 Å². The first-order valence-corrected chi connectivity index (χ1v) is 3.39. The summed E-state index contributed by atoms with van der Waals surface area (Å²) in [5.74, 6) is 0. The molecule has 0 aliphatic carbocycles. The maximum Gasteiger partial charge on any atom is 0.379 e. The maximum absolute atomic E-state index is 12.7. The number of hydrogen-bond acceptors (Lipinski definition) is 1. The van der Waals surface area contributed by atoms with Crippen molar-refractivity contribution in [2.24, 2.45) is 0 Å². The Hall–Kier alpha value is -0.440. The van der Waals surface area contributed by atoms with E-state index >= 15 is 0 Å². The van der Waals surface area contributed by atoms with Gasteiger partial charge in [-0.3, -0.25) is 0 Å². The van der Waals surface area contributed by atoms with Crippen molar-refractivity contribution in [1.82, 2.24) is 0 Å². The highest BCUT2D eigenvalue weighted by Gasteiger charge is 2.36. The van der Waals surface area contributed by atoms with Crippen LogP contribution in [0.25, 0.3) is 0 Å². The fraction of sp³-hybridized carbons (Fsp3) is 0.750. The minimum Gasteiger partial charge on any atom is -0.311 e. The molecule has 1 nitrogen and oxygen atoms in total. The van der Waals surface area contributed by atoms with Gasteiger partial charge in [0.2, 0.25) is 0 Å². The fourth-order valence-electron chi connectivity index (χ4n) is 0.472. The molecule has 0 aliphatic rings. The molecule has 3 heteroatoms. The summed E-state index contributed by atoms with van der Waals surface area (Å²) in [5.41, 5.74) is -1.12. The minimum absolute atomic E-state index is 0.271. The van der Waals surface area contributed by atoms with Crippen LogP contribution in [0.15, 0.2) is 12.2 Å². The highest BCUT2D eigenvalue weighted by molar-refractivity contribution is 4.98. The minimum atomic E-state index is -3.21. The molecule has 0 aromatic heterocycles. The largest absolute Gasteiger partial charge is 0.379 e. The van der Waals surface area contributed by atoms with Crippen LogP contribution in [0.4, 0.5) is 8.78 Å². The number of ether oxygens (including phenoxy) is 1. The van der Waals surface area contributed by atoms with Crippen LogP contribution in [0.3, 0.4) is 0 Å². The Bertz CT molecular complexity index is 156. The topological polar surface area (TPSA) is 9.23 Å². The highest BCUT2D eigenvalue weighted by Crippen LogP contribution is 2.28. The Morgan fingerprint density at radius 1 is 1.27 bits per heavy atom. The van der Waals surface area contributed by atoms with Crippen LogP contribution < -0.4 is 0 Å². The van der Waals surface area contributed by atoms with E-state index in [2.05, 4.69) is 11.3 Å². The molecule has 66 valence electrons. The Balaban J connectivity index is 4.25. The highest BCUT2D eigenvalue weighted by atomic mass is 19.3. The van der Waals surface area contributed by atoms with Gasteiger partial charge in [0.15, 0.2) is 0 Å². The van der Waals surface area contributed by atoms with Crippen LogP contribution in [0, 0.1) is 0 Å². The Morgan fingerprint density at radius 3 is 1.73 bits per heavy atom. The van der Waals surface area contributed by atoms with E-state index in [1.165, 1.54) is 6.92 Å². The third-order valence-corrected chi connectivity index (χ3v) is 0.931. The number of rotatable bonds is 2. The van der Waals surface area contributed by atoms with Gasteiger partial charge in [-0.05, 0) is 27.7 Å². The second-order valence-electron chi connectivity index (χ2n) is 3.51. The first-order chi connectivity index (χ1) is 4.65. The molecule has 0 bridgehead atoms. The smallest absolute Gasteiger partial charge is 0.311 e. The van der Waals surface area contributed by atoms with Crippen LogP contribution in [-0.4, -0.2) is 11.7 Å². The quantitative estimate of drug-likeness (QED) is 0.570. The van der Waals surface area contributed by atoms with Crippen LogP contribution >= 0.6 is 0 Å². The molecule has 0 radical (unpaired) electrons.